The summed E-state index contributed by atoms with van der Waals surface area (Å²) in [5.74, 6) is 0.268. The molecule has 1 aromatic rings. The number of benzene rings is 1. The average Bonchev–Trinajstić information content (AvgIpc) is 2.16. The van der Waals surface area contributed by atoms with Crippen molar-refractivity contribution in [3.05, 3.63) is 23.8 Å². The van der Waals surface area contributed by atoms with Gasteiger partial charge in [0.2, 0.25) is 0 Å². The van der Waals surface area contributed by atoms with Crippen LogP contribution in [0.2, 0.25) is 0 Å². The molecular formula is C8H6NO3S-. The van der Waals surface area contributed by atoms with Crippen molar-refractivity contribution in [3.8, 4) is 11.8 Å². The molecule has 5 heteroatoms. The van der Waals surface area contributed by atoms with Crippen LogP contribution in [-0.4, -0.2) is 15.9 Å². The lowest BCUT2D eigenvalue weighted by Gasteiger charge is -2.07. The quantitative estimate of drug-likeness (QED) is 0.656. The van der Waals surface area contributed by atoms with Gasteiger partial charge in [-0.1, -0.05) is 0 Å². The van der Waals surface area contributed by atoms with Gasteiger partial charge in [0.05, 0.1) is 12.7 Å². The van der Waals surface area contributed by atoms with Crippen molar-refractivity contribution in [1.82, 2.24) is 0 Å². The first-order chi connectivity index (χ1) is 6.19. The molecule has 0 fully saturated rings. The highest BCUT2D eigenvalue weighted by Gasteiger charge is 2.03. The third-order valence-corrected chi connectivity index (χ3v) is 2.12. The topological polar surface area (TPSA) is 73.2 Å². The SMILES string of the molecule is COc1cc(S(=O)[O-])ccc1C#N. The van der Waals surface area contributed by atoms with Crippen LogP contribution in [0.3, 0.4) is 0 Å². The Morgan fingerprint density at radius 2 is 2.31 bits per heavy atom. The van der Waals surface area contributed by atoms with Crippen molar-refractivity contribution in [1.29, 1.82) is 5.26 Å². The van der Waals surface area contributed by atoms with Crippen LogP contribution in [0.1, 0.15) is 5.56 Å². The summed E-state index contributed by atoms with van der Waals surface area (Å²) in [5, 5.41) is 8.60. The lowest BCUT2D eigenvalue weighted by Crippen LogP contribution is -1.93. The minimum atomic E-state index is -2.29. The molecule has 1 aromatic carbocycles. The van der Waals surface area contributed by atoms with E-state index in [2.05, 4.69) is 0 Å². The third kappa shape index (κ3) is 2.05. The molecule has 0 aromatic heterocycles. The fraction of sp³-hybridized carbons (Fsp3) is 0.125. The van der Waals surface area contributed by atoms with Crippen LogP contribution in [0.5, 0.6) is 5.75 Å². The molecule has 0 saturated carbocycles. The van der Waals surface area contributed by atoms with Crippen molar-refractivity contribution >= 4 is 11.1 Å². The van der Waals surface area contributed by atoms with Gasteiger partial charge in [0, 0.05) is 4.90 Å². The molecule has 0 amide bonds. The summed E-state index contributed by atoms with van der Waals surface area (Å²) in [6.45, 7) is 0. The van der Waals surface area contributed by atoms with Crippen LogP contribution in [0.15, 0.2) is 23.1 Å². The molecule has 0 radical (unpaired) electrons. The predicted octanol–water partition coefficient (Wildman–Crippen LogP) is 0.805. The van der Waals surface area contributed by atoms with Crippen molar-refractivity contribution in [2.24, 2.45) is 0 Å². The number of nitrogens with zero attached hydrogens (tertiary/aromatic N) is 1. The van der Waals surface area contributed by atoms with Gasteiger partial charge in [-0.05, 0) is 29.3 Å². The fourth-order valence-electron chi connectivity index (χ4n) is 0.868. The van der Waals surface area contributed by atoms with Crippen molar-refractivity contribution in [2.45, 2.75) is 4.90 Å². The molecule has 0 heterocycles. The molecule has 68 valence electrons. The third-order valence-electron chi connectivity index (χ3n) is 1.49. The lowest BCUT2D eigenvalue weighted by molar-refractivity contribution is 0.412. The van der Waals surface area contributed by atoms with Crippen molar-refractivity contribution in [3.63, 3.8) is 0 Å². The summed E-state index contributed by atoms with van der Waals surface area (Å²) >= 11 is -2.29. The Morgan fingerprint density at radius 3 is 2.77 bits per heavy atom. The minimum absolute atomic E-state index is 0.107. The molecule has 1 atom stereocenters. The number of rotatable bonds is 2. The van der Waals surface area contributed by atoms with E-state index in [1.54, 1.807) is 0 Å². The molecule has 13 heavy (non-hydrogen) atoms. The molecule has 0 aliphatic heterocycles. The van der Waals surface area contributed by atoms with E-state index in [9.17, 15) is 8.76 Å². The summed E-state index contributed by atoms with van der Waals surface area (Å²) in [7, 11) is 1.38. The van der Waals surface area contributed by atoms with E-state index in [0.29, 0.717) is 5.56 Å². The van der Waals surface area contributed by atoms with Gasteiger partial charge in [-0.3, -0.25) is 4.21 Å². The lowest BCUT2D eigenvalue weighted by atomic mass is 10.2. The Labute approximate surface area is 78.0 Å². The van der Waals surface area contributed by atoms with Gasteiger partial charge >= 0.3 is 0 Å². The summed E-state index contributed by atoms with van der Waals surface area (Å²) in [6.07, 6.45) is 0. The number of hydrogen-bond donors (Lipinski definition) is 0. The molecule has 0 aliphatic rings. The van der Waals surface area contributed by atoms with Crippen LogP contribution in [0.25, 0.3) is 0 Å². The van der Waals surface area contributed by atoms with Gasteiger partial charge in [0.25, 0.3) is 0 Å². The predicted molar refractivity (Wildman–Crippen MR) is 44.9 cm³/mol. The zero-order valence-electron chi connectivity index (χ0n) is 6.81. The highest BCUT2D eigenvalue weighted by atomic mass is 32.2. The van der Waals surface area contributed by atoms with E-state index in [1.807, 2.05) is 6.07 Å². The highest BCUT2D eigenvalue weighted by Crippen LogP contribution is 2.20. The molecule has 4 nitrogen and oxygen atoms in total. The van der Waals surface area contributed by atoms with Gasteiger partial charge in [0.1, 0.15) is 11.8 Å². The second-order valence-electron chi connectivity index (χ2n) is 2.21. The van der Waals surface area contributed by atoms with E-state index >= 15 is 0 Å². The Kier molecular flexibility index (Phi) is 3.01. The number of ether oxygens (including phenoxy) is 1. The monoisotopic (exact) mass is 196 g/mol. The molecule has 0 bridgehead atoms. The second kappa shape index (κ2) is 4.03. The van der Waals surface area contributed by atoms with Gasteiger partial charge in [-0.2, -0.15) is 5.26 Å². The van der Waals surface area contributed by atoms with E-state index < -0.39 is 11.1 Å². The van der Waals surface area contributed by atoms with Crippen molar-refractivity contribution in [2.75, 3.05) is 7.11 Å². The van der Waals surface area contributed by atoms with Crippen LogP contribution in [0, 0.1) is 11.3 Å². The first-order valence-corrected chi connectivity index (χ1v) is 4.44. The fourth-order valence-corrected chi connectivity index (χ4v) is 1.25. The molecule has 1 rings (SSSR count). The summed E-state index contributed by atoms with van der Waals surface area (Å²) in [4.78, 5) is 0.107. The Bertz CT molecular complexity index is 383. The summed E-state index contributed by atoms with van der Waals surface area (Å²) < 4.78 is 25.9. The molecule has 0 aliphatic carbocycles. The van der Waals surface area contributed by atoms with Gasteiger partial charge in [0.15, 0.2) is 0 Å². The zero-order valence-corrected chi connectivity index (χ0v) is 7.63. The number of hydrogen-bond acceptors (Lipinski definition) is 4. The van der Waals surface area contributed by atoms with E-state index in [4.69, 9.17) is 10.00 Å². The molecular weight excluding hydrogens is 190 g/mol. The van der Waals surface area contributed by atoms with Crippen LogP contribution >= 0.6 is 0 Å². The second-order valence-corrected chi connectivity index (χ2v) is 3.15. The van der Waals surface area contributed by atoms with E-state index in [-0.39, 0.29) is 10.6 Å². The Hall–Kier alpha value is -1.38. The smallest absolute Gasteiger partial charge is 0.137 e. The number of nitriles is 1. The highest BCUT2D eigenvalue weighted by molar-refractivity contribution is 7.79. The van der Waals surface area contributed by atoms with Crippen molar-refractivity contribution < 1.29 is 13.5 Å². The van der Waals surface area contributed by atoms with Gasteiger partial charge in [-0.25, -0.2) is 0 Å². The largest absolute Gasteiger partial charge is 0.768 e. The molecule has 0 saturated heterocycles. The standard InChI is InChI=1S/C8H7NO3S/c1-12-8-4-7(13(10)11)3-2-6(8)5-9/h2-4H,1H3,(H,10,11)/p-1. The Balaban J connectivity index is 3.23. The van der Waals surface area contributed by atoms with E-state index in [1.165, 1.54) is 25.3 Å². The first-order valence-electron chi connectivity index (χ1n) is 3.36. The normalized spacial score (nSPS) is 11.8. The van der Waals surface area contributed by atoms with Crippen LogP contribution in [0.4, 0.5) is 0 Å². The minimum Gasteiger partial charge on any atom is -0.768 e. The van der Waals surface area contributed by atoms with Crippen LogP contribution < -0.4 is 4.74 Å². The summed E-state index contributed by atoms with van der Waals surface area (Å²) in [6, 6.07) is 5.95. The average molecular weight is 196 g/mol. The Morgan fingerprint density at radius 1 is 1.62 bits per heavy atom. The maximum atomic E-state index is 10.5. The maximum Gasteiger partial charge on any atom is 0.137 e. The molecule has 0 N–H and O–H groups in total. The maximum absolute atomic E-state index is 10.5. The zero-order chi connectivity index (χ0) is 9.84. The molecule has 1 unspecified atom stereocenters. The van der Waals surface area contributed by atoms with Crippen LogP contribution in [-0.2, 0) is 11.1 Å². The molecule has 0 spiro atoms. The van der Waals surface area contributed by atoms with Gasteiger partial charge in [-0.15, -0.1) is 0 Å². The van der Waals surface area contributed by atoms with E-state index in [0.717, 1.165) is 0 Å². The number of methoxy groups -OCH3 is 1. The van der Waals surface area contributed by atoms with Gasteiger partial charge < -0.3 is 9.29 Å². The summed E-state index contributed by atoms with van der Waals surface area (Å²) in [5.41, 5.74) is 0.316. The first kappa shape index (κ1) is 9.71.